The molecular formula is C26H30FN3O4. The highest BCUT2D eigenvalue weighted by Crippen LogP contribution is 2.35. The maximum Gasteiger partial charge on any atom is 0.254 e. The van der Waals surface area contributed by atoms with Crippen molar-refractivity contribution in [3.63, 3.8) is 0 Å². The molecule has 7 nitrogen and oxygen atoms in total. The molecule has 1 aromatic heterocycles. The van der Waals surface area contributed by atoms with Gasteiger partial charge in [-0.3, -0.25) is 4.79 Å². The summed E-state index contributed by atoms with van der Waals surface area (Å²) in [6, 6.07) is 13.5. The lowest BCUT2D eigenvalue weighted by atomic mass is 10.0. The number of hydrogen-bond acceptors (Lipinski definition) is 6. The van der Waals surface area contributed by atoms with Crippen LogP contribution in [0.25, 0.3) is 11.3 Å². The van der Waals surface area contributed by atoms with Gasteiger partial charge in [0.1, 0.15) is 17.3 Å². The van der Waals surface area contributed by atoms with Crippen molar-refractivity contribution >= 4 is 11.8 Å². The first-order valence-corrected chi connectivity index (χ1v) is 11.5. The van der Waals surface area contributed by atoms with E-state index in [1.54, 1.807) is 54.5 Å². The van der Waals surface area contributed by atoms with Crippen molar-refractivity contribution in [2.45, 2.75) is 32.9 Å². The highest BCUT2D eigenvalue weighted by Gasteiger charge is 2.30. The molecular weight excluding hydrogens is 437 g/mol. The quantitative estimate of drug-likeness (QED) is 0.476. The summed E-state index contributed by atoms with van der Waals surface area (Å²) in [4.78, 5) is 17.4. The molecule has 0 aliphatic carbocycles. The number of halogens is 1. The van der Waals surface area contributed by atoms with Crippen LogP contribution in [0.15, 0.2) is 53.1 Å². The summed E-state index contributed by atoms with van der Waals surface area (Å²) in [6.07, 6.45) is 0.759. The van der Waals surface area contributed by atoms with E-state index in [1.807, 2.05) is 18.7 Å². The smallest absolute Gasteiger partial charge is 0.254 e. The summed E-state index contributed by atoms with van der Waals surface area (Å²) >= 11 is 0. The Morgan fingerprint density at radius 1 is 1.18 bits per heavy atom. The molecule has 0 N–H and O–H groups in total. The molecule has 1 aliphatic rings. The van der Waals surface area contributed by atoms with Gasteiger partial charge in [0.05, 0.1) is 32.4 Å². The Hall–Kier alpha value is -3.39. The summed E-state index contributed by atoms with van der Waals surface area (Å²) in [5.74, 6) is 0.729. The largest absolute Gasteiger partial charge is 0.497 e. The number of methoxy groups -OCH3 is 1. The maximum atomic E-state index is 14.8. The van der Waals surface area contributed by atoms with Gasteiger partial charge in [0.15, 0.2) is 0 Å². The van der Waals surface area contributed by atoms with E-state index >= 15 is 0 Å². The van der Waals surface area contributed by atoms with Gasteiger partial charge in [-0.15, -0.1) is 0 Å². The molecule has 1 amide bonds. The second-order valence-corrected chi connectivity index (χ2v) is 8.31. The molecule has 2 aromatic carbocycles. The topological polar surface area (TPSA) is 68.0 Å². The summed E-state index contributed by atoms with van der Waals surface area (Å²) in [6.45, 7) is 6.67. The van der Waals surface area contributed by atoms with E-state index in [9.17, 15) is 9.18 Å². The number of hydrogen-bond donors (Lipinski definition) is 0. The van der Waals surface area contributed by atoms with Crippen molar-refractivity contribution in [1.82, 2.24) is 10.1 Å². The molecule has 8 heteroatoms. The Bertz CT molecular complexity index is 1110. The Labute approximate surface area is 199 Å². The van der Waals surface area contributed by atoms with Gasteiger partial charge in [-0.1, -0.05) is 24.2 Å². The number of nitrogens with zero attached hydrogens (tertiary/aromatic N) is 3. The molecule has 1 fully saturated rings. The lowest BCUT2D eigenvalue weighted by molar-refractivity contribution is 0.0671. The second kappa shape index (κ2) is 10.7. The van der Waals surface area contributed by atoms with Gasteiger partial charge in [-0.05, 0) is 49.7 Å². The van der Waals surface area contributed by atoms with E-state index < -0.39 is 0 Å². The van der Waals surface area contributed by atoms with Crippen LogP contribution in [0, 0.1) is 5.82 Å². The summed E-state index contributed by atoms with van der Waals surface area (Å²) in [7, 11) is 1.59. The van der Waals surface area contributed by atoms with Crippen molar-refractivity contribution in [1.29, 1.82) is 0 Å². The highest BCUT2D eigenvalue weighted by atomic mass is 19.1. The fourth-order valence-corrected chi connectivity index (χ4v) is 4.04. The number of ether oxygens (including phenoxy) is 2. The fourth-order valence-electron chi connectivity index (χ4n) is 4.04. The average molecular weight is 468 g/mol. The monoisotopic (exact) mass is 467 g/mol. The van der Waals surface area contributed by atoms with Crippen molar-refractivity contribution in [2.75, 3.05) is 38.3 Å². The zero-order valence-electron chi connectivity index (χ0n) is 19.8. The molecule has 1 atom stereocenters. The van der Waals surface area contributed by atoms with Crippen LogP contribution >= 0.6 is 0 Å². The number of rotatable bonds is 8. The number of benzene rings is 2. The molecule has 1 aliphatic heterocycles. The van der Waals surface area contributed by atoms with E-state index in [1.165, 1.54) is 6.07 Å². The minimum Gasteiger partial charge on any atom is -0.497 e. The minimum absolute atomic E-state index is 0.0597. The lowest BCUT2D eigenvalue weighted by Gasteiger charge is -2.31. The second-order valence-electron chi connectivity index (χ2n) is 8.31. The van der Waals surface area contributed by atoms with Crippen LogP contribution in [0.3, 0.4) is 0 Å². The summed E-state index contributed by atoms with van der Waals surface area (Å²) < 4.78 is 31.2. The van der Waals surface area contributed by atoms with Gasteiger partial charge in [-0.2, -0.15) is 0 Å². The first kappa shape index (κ1) is 23.8. The number of carbonyl (C=O) groups excluding carboxylic acids is 1. The predicted octanol–water partition coefficient (Wildman–Crippen LogP) is 4.77. The summed E-state index contributed by atoms with van der Waals surface area (Å²) in [5.41, 5.74) is 2.00. The third kappa shape index (κ3) is 4.92. The number of carbonyl (C=O) groups is 1. The van der Waals surface area contributed by atoms with Gasteiger partial charge >= 0.3 is 0 Å². The first-order valence-electron chi connectivity index (χ1n) is 11.5. The minimum atomic E-state index is -0.387. The molecule has 0 bridgehead atoms. The lowest BCUT2D eigenvalue weighted by Crippen LogP contribution is -2.39. The highest BCUT2D eigenvalue weighted by molar-refractivity contribution is 5.94. The molecule has 2 heterocycles. The molecule has 0 radical (unpaired) electrons. The third-order valence-corrected chi connectivity index (χ3v) is 6.24. The number of aromatic nitrogens is 1. The molecule has 1 saturated heterocycles. The van der Waals surface area contributed by atoms with Gasteiger partial charge in [-0.25, -0.2) is 4.39 Å². The molecule has 3 aromatic rings. The van der Waals surface area contributed by atoms with E-state index in [0.717, 1.165) is 6.42 Å². The Morgan fingerprint density at radius 3 is 2.53 bits per heavy atom. The van der Waals surface area contributed by atoms with Gasteiger partial charge in [0.25, 0.3) is 5.91 Å². The van der Waals surface area contributed by atoms with Crippen LogP contribution in [0.5, 0.6) is 5.75 Å². The molecule has 4 rings (SSSR count). The van der Waals surface area contributed by atoms with Crippen LogP contribution in [-0.2, 0) is 11.3 Å². The fraction of sp³-hybridized carbons (Fsp3) is 0.385. The van der Waals surface area contributed by atoms with E-state index in [2.05, 4.69) is 5.16 Å². The van der Waals surface area contributed by atoms with Gasteiger partial charge < -0.3 is 23.8 Å². The van der Waals surface area contributed by atoms with Crippen LogP contribution in [0.4, 0.5) is 10.3 Å². The zero-order chi connectivity index (χ0) is 24.1. The molecule has 0 spiro atoms. The van der Waals surface area contributed by atoms with E-state index in [0.29, 0.717) is 60.3 Å². The Morgan fingerprint density at radius 2 is 1.88 bits per heavy atom. The van der Waals surface area contributed by atoms with E-state index in [4.69, 9.17) is 14.0 Å². The van der Waals surface area contributed by atoms with E-state index in [-0.39, 0.29) is 24.3 Å². The number of anilines is 1. The molecule has 180 valence electrons. The average Bonchev–Trinajstić information content (AvgIpc) is 3.30. The Balaban J connectivity index is 1.75. The summed E-state index contributed by atoms with van der Waals surface area (Å²) in [5, 5.41) is 4.26. The van der Waals surface area contributed by atoms with Crippen molar-refractivity contribution < 1.29 is 23.2 Å². The molecule has 0 saturated carbocycles. The predicted molar refractivity (Wildman–Crippen MR) is 128 cm³/mol. The van der Waals surface area contributed by atoms with Gasteiger partial charge in [0, 0.05) is 30.3 Å². The van der Waals surface area contributed by atoms with Crippen molar-refractivity contribution in [3.05, 3.63) is 65.5 Å². The third-order valence-electron chi connectivity index (χ3n) is 6.24. The Kier molecular flexibility index (Phi) is 7.47. The van der Waals surface area contributed by atoms with Crippen LogP contribution in [0.1, 0.15) is 36.2 Å². The maximum absolute atomic E-state index is 14.8. The van der Waals surface area contributed by atoms with Crippen LogP contribution in [0.2, 0.25) is 0 Å². The van der Waals surface area contributed by atoms with Crippen molar-refractivity contribution in [2.24, 2.45) is 0 Å². The first-order chi connectivity index (χ1) is 16.5. The molecule has 0 unspecified atom stereocenters. The SMILES string of the molecule is CC[C@@H](C)N(Cc1c(-c2ccccc2F)noc1N1CCOCC1)C(=O)c1ccc(OC)cc1. The van der Waals surface area contributed by atoms with Gasteiger partial charge in [0.2, 0.25) is 5.88 Å². The zero-order valence-corrected chi connectivity index (χ0v) is 19.8. The molecule has 34 heavy (non-hydrogen) atoms. The number of amides is 1. The van der Waals surface area contributed by atoms with Crippen molar-refractivity contribution in [3.8, 4) is 17.0 Å². The van der Waals surface area contributed by atoms with Crippen LogP contribution in [-0.4, -0.2) is 55.4 Å². The number of morpholine rings is 1. The normalized spacial score (nSPS) is 14.6. The van der Waals surface area contributed by atoms with Crippen LogP contribution < -0.4 is 9.64 Å². The standard InChI is InChI=1S/C26H30FN3O4/c1-4-18(2)30(25(31)19-9-11-20(32-3)12-10-19)17-22-24(21-7-5-6-8-23(21)27)28-34-26(22)29-13-15-33-16-14-29/h5-12,18H,4,13-17H2,1-3H3/t18-/m1/s1.